The average molecular weight is 287 g/mol. The summed E-state index contributed by atoms with van der Waals surface area (Å²) in [5.41, 5.74) is -0.436. The van der Waals surface area contributed by atoms with Crippen LogP contribution in [0, 0.1) is 16.0 Å². The summed E-state index contributed by atoms with van der Waals surface area (Å²) in [7, 11) is 0. The second-order valence-electron chi connectivity index (χ2n) is 4.44. The predicted octanol–water partition coefficient (Wildman–Crippen LogP) is 1.99. The molecule has 1 aromatic carbocycles. The minimum atomic E-state index is -0.699. The molecule has 19 heavy (non-hydrogen) atoms. The summed E-state index contributed by atoms with van der Waals surface area (Å²) < 4.78 is 0. The van der Waals surface area contributed by atoms with E-state index < -0.39 is 16.9 Å². The smallest absolute Gasteiger partial charge is 0.283 e. The highest BCUT2D eigenvalue weighted by Crippen LogP contribution is 2.23. The third kappa shape index (κ3) is 4.18. The van der Waals surface area contributed by atoms with Crippen LogP contribution in [-0.4, -0.2) is 28.6 Å². The Morgan fingerprint density at radius 2 is 2.16 bits per heavy atom. The molecule has 0 aliphatic carbocycles. The minimum absolute atomic E-state index is 0.0134. The largest absolute Gasteiger partial charge is 0.391 e. The van der Waals surface area contributed by atoms with Gasteiger partial charge in [-0.1, -0.05) is 25.4 Å². The van der Waals surface area contributed by atoms with Crippen LogP contribution in [0.1, 0.15) is 24.2 Å². The molecule has 1 unspecified atom stereocenters. The topological polar surface area (TPSA) is 92.5 Å². The molecular weight excluding hydrogens is 272 g/mol. The highest BCUT2D eigenvalue weighted by molar-refractivity contribution is 6.31. The maximum Gasteiger partial charge on any atom is 0.283 e. The van der Waals surface area contributed by atoms with Gasteiger partial charge in [0.05, 0.1) is 11.0 Å². The number of amides is 1. The zero-order valence-corrected chi connectivity index (χ0v) is 11.3. The van der Waals surface area contributed by atoms with Crippen LogP contribution in [0.3, 0.4) is 0 Å². The molecule has 0 radical (unpaired) electrons. The Kier molecular flexibility index (Phi) is 5.26. The van der Waals surface area contributed by atoms with Crippen LogP contribution in [-0.2, 0) is 0 Å². The Morgan fingerprint density at radius 1 is 1.53 bits per heavy atom. The maximum absolute atomic E-state index is 11.8. The van der Waals surface area contributed by atoms with E-state index in [1.54, 1.807) is 0 Å². The molecule has 1 amide bonds. The number of hydrogen-bond acceptors (Lipinski definition) is 4. The highest BCUT2D eigenvalue weighted by atomic mass is 35.5. The lowest BCUT2D eigenvalue weighted by molar-refractivity contribution is -0.385. The van der Waals surface area contributed by atoms with Gasteiger partial charge in [0.25, 0.3) is 11.6 Å². The molecule has 7 heteroatoms. The monoisotopic (exact) mass is 286 g/mol. The number of nitro groups is 1. The summed E-state index contributed by atoms with van der Waals surface area (Å²) in [6.07, 6.45) is -0.699. The Hall–Kier alpha value is -1.66. The van der Waals surface area contributed by atoms with Gasteiger partial charge in [-0.15, -0.1) is 0 Å². The SMILES string of the molecule is CC(C)C(O)CNC(=O)c1ccc(Cl)cc1[N+](=O)[O-]. The van der Waals surface area contributed by atoms with Gasteiger partial charge in [0.15, 0.2) is 0 Å². The maximum atomic E-state index is 11.8. The van der Waals surface area contributed by atoms with Gasteiger partial charge in [-0.25, -0.2) is 0 Å². The summed E-state index contributed by atoms with van der Waals surface area (Å²) in [6, 6.07) is 3.81. The molecule has 0 aliphatic rings. The van der Waals surface area contributed by atoms with Crippen LogP contribution in [0.4, 0.5) is 5.69 Å². The zero-order valence-electron chi connectivity index (χ0n) is 10.6. The number of rotatable bonds is 5. The van der Waals surface area contributed by atoms with E-state index in [0.717, 1.165) is 6.07 Å². The van der Waals surface area contributed by atoms with Gasteiger partial charge in [0.1, 0.15) is 5.56 Å². The van der Waals surface area contributed by atoms with Crippen LogP contribution in [0.15, 0.2) is 18.2 Å². The number of nitrogens with one attached hydrogen (secondary N) is 1. The summed E-state index contributed by atoms with van der Waals surface area (Å²) in [5, 5.41) is 23.1. The molecule has 0 spiro atoms. The fraction of sp³-hybridized carbons (Fsp3) is 0.417. The van der Waals surface area contributed by atoms with Gasteiger partial charge in [-0.2, -0.15) is 0 Å². The van der Waals surface area contributed by atoms with Crippen molar-refractivity contribution in [1.82, 2.24) is 5.32 Å². The van der Waals surface area contributed by atoms with Gasteiger partial charge >= 0.3 is 0 Å². The van der Waals surface area contributed by atoms with E-state index in [9.17, 15) is 20.0 Å². The second-order valence-corrected chi connectivity index (χ2v) is 4.88. The normalized spacial score (nSPS) is 12.3. The van der Waals surface area contributed by atoms with Crippen LogP contribution in [0.2, 0.25) is 5.02 Å². The Balaban J connectivity index is 2.85. The van der Waals surface area contributed by atoms with Gasteiger partial charge in [-0.3, -0.25) is 14.9 Å². The van der Waals surface area contributed by atoms with E-state index in [1.165, 1.54) is 12.1 Å². The third-order valence-electron chi connectivity index (χ3n) is 2.64. The van der Waals surface area contributed by atoms with E-state index in [4.69, 9.17) is 11.6 Å². The van der Waals surface area contributed by atoms with Crippen LogP contribution in [0.25, 0.3) is 0 Å². The molecule has 0 aromatic heterocycles. The van der Waals surface area contributed by atoms with E-state index in [1.807, 2.05) is 13.8 Å². The van der Waals surface area contributed by atoms with Crippen LogP contribution >= 0.6 is 11.6 Å². The predicted molar refractivity (Wildman–Crippen MR) is 71.3 cm³/mol. The zero-order chi connectivity index (χ0) is 14.6. The molecule has 0 saturated heterocycles. The van der Waals surface area contributed by atoms with Crippen molar-refractivity contribution in [2.24, 2.45) is 5.92 Å². The molecule has 1 rings (SSSR count). The van der Waals surface area contributed by atoms with E-state index >= 15 is 0 Å². The molecule has 0 fully saturated rings. The molecule has 2 N–H and O–H groups in total. The molecule has 104 valence electrons. The Morgan fingerprint density at radius 3 is 2.68 bits per heavy atom. The van der Waals surface area contributed by atoms with Gasteiger partial charge in [-0.05, 0) is 18.1 Å². The number of aliphatic hydroxyl groups excluding tert-OH is 1. The number of benzene rings is 1. The molecule has 0 heterocycles. The lowest BCUT2D eigenvalue weighted by Gasteiger charge is -2.15. The number of hydrogen-bond donors (Lipinski definition) is 2. The Labute approximate surface area is 115 Å². The Bertz CT molecular complexity index is 491. The van der Waals surface area contributed by atoms with Crippen molar-refractivity contribution in [3.8, 4) is 0 Å². The lowest BCUT2D eigenvalue weighted by Crippen LogP contribution is -2.34. The van der Waals surface area contributed by atoms with Gasteiger partial charge < -0.3 is 10.4 Å². The highest BCUT2D eigenvalue weighted by Gasteiger charge is 2.21. The number of halogens is 1. The van der Waals surface area contributed by atoms with E-state index in [0.29, 0.717) is 0 Å². The number of carbonyl (C=O) groups excluding carboxylic acids is 1. The summed E-state index contributed by atoms with van der Waals surface area (Å²) in [6.45, 7) is 3.65. The quantitative estimate of drug-likeness (QED) is 0.639. The average Bonchev–Trinajstić information content (AvgIpc) is 2.35. The van der Waals surface area contributed by atoms with Crippen molar-refractivity contribution in [1.29, 1.82) is 0 Å². The number of nitro benzene ring substituents is 1. The molecule has 1 atom stereocenters. The summed E-state index contributed by atoms with van der Waals surface area (Å²) in [5.74, 6) is -0.622. The van der Waals surface area contributed by atoms with Crippen molar-refractivity contribution in [2.45, 2.75) is 20.0 Å². The van der Waals surface area contributed by atoms with Crippen molar-refractivity contribution in [2.75, 3.05) is 6.54 Å². The van der Waals surface area contributed by atoms with Gasteiger partial charge in [0, 0.05) is 17.6 Å². The van der Waals surface area contributed by atoms with Crippen molar-refractivity contribution >= 4 is 23.2 Å². The summed E-state index contributed by atoms with van der Waals surface area (Å²) in [4.78, 5) is 22.0. The standard InChI is InChI=1S/C12H15ClN2O4/c1-7(2)11(16)6-14-12(17)9-4-3-8(13)5-10(9)15(18)19/h3-5,7,11,16H,6H2,1-2H3,(H,14,17). The number of nitrogens with zero attached hydrogens (tertiary/aromatic N) is 1. The first-order valence-electron chi connectivity index (χ1n) is 5.73. The fourth-order valence-corrected chi connectivity index (χ4v) is 1.54. The van der Waals surface area contributed by atoms with Crippen LogP contribution < -0.4 is 5.32 Å². The molecule has 1 aromatic rings. The second kappa shape index (κ2) is 6.49. The molecule has 6 nitrogen and oxygen atoms in total. The third-order valence-corrected chi connectivity index (χ3v) is 2.88. The van der Waals surface area contributed by atoms with Crippen LogP contribution in [0.5, 0.6) is 0 Å². The van der Waals surface area contributed by atoms with E-state index in [2.05, 4.69) is 5.32 Å². The number of aliphatic hydroxyl groups is 1. The molecule has 0 saturated carbocycles. The van der Waals surface area contributed by atoms with Gasteiger partial charge in [0.2, 0.25) is 0 Å². The lowest BCUT2D eigenvalue weighted by atomic mass is 10.1. The molecule has 0 bridgehead atoms. The van der Waals surface area contributed by atoms with Crippen molar-refractivity contribution in [3.05, 3.63) is 38.9 Å². The molecular formula is C12H15ClN2O4. The molecule has 0 aliphatic heterocycles. The van der Waals surface area contributed by atoms with Crippen molar-refractivity contribution < 1.29 is 14.8 Å². The first-order chi connectivity index (χ1) is 8.82. The first kappa shape index (κ1) is 15.4. The first-order valence-corrected chi connectivity index (χ1v) is 6.11. The fourth-order valence-electron chi connectivity index (χ4n) is 1.38. The van der Waals surface area contributed by atoms with Crippen molar-refractivity contribution in [3.63, 3.8) is 0 Å². The number of carbonyl (C=O) groups is 1. The minimum Gasteiger partial charge on any atom is -0.391 e. The van der Waals surface area contributed by atoms with E-state index in [-0.39, 0.29) is 28.7 Å². The summed E-state index contributed by atoms with van der Waals surface area (Å²) >= 11 is 5.66.